The number of esters is 1. The van der Waals surface area contributed by atoms with Crippen molar-refractivity contribution in [2.75, 3.05) is 11.5 Å². The number of benzene rings is 3. The summed E-state index contributed by atoms with van der Waals surface area (Å²) < 4.78 is 26.6. The van der Waals surface area contributed by atoms with Gasteiger partial charge in [-0.15, -0.1) is 0 Å². The smallest absolute Gasteiger partial charge is 0.425 e. The number of imide groups is 2. The van der Waals surface area contributed by atoms with Crippen molar-refractivity contribution in [3.63, 3.8) is 0 Å². The van der Waals surface area contributed by atoms with Crippen molar-refractivity contribution in [3.05, 3.63) is 88.6 Å². The topological polar surface area (TPSA) is 301 Å². The van der Waals surface area contributed by atoms with E-state index in [1.165, 1.54) is 0 Å². The van der Waals surface area contributed by atoms with Gasteiger partial charge in [-0.3, -0.25) is 31.0 Å². The maximum absolute atomic E-state index is 13.0. The Morgan fingerprint density at radius 3 is 1.67 bits per heavy atom. The van der Waals surface area contributed by atoms with Crippen molar-refractivity contribution in [1.82, 2.24) is 15.2 Å². The number of fused-ring (bicyclic) bond motifs is 3. The summed E-state index contributed by atoms with van der Waals surface area (Å²) in [6.45, 7) is 18.3. The van der Waals surface area contributed by atoms with E-state index in [4.69, 9.17) is 34.1 Å². The molecule has 1 aliphatic rings. The van der Waals surface area contributed by atoms with Crippen molar-refractivity contribution < 1.29 is 57.8 Å². The van der Waals surface area contributed by atoms with Crippen molar-refractivity contribution in [3.8, 4) is 0 Å². The molecule has 2 aromatic heterocycles. The standard InChI is InChI=1S/C26H27N3O7.C14H18N2O3.C4H10O.H4N2.H2O/c1-25(2,3)34-23(32)29(24(33)35-26(4,5)6)20-18-13-15(11-12-19(18)36-27-20)14-28-21(30)16-9-7-8-10-17(16)22(28)31;1-14(2,3)18-13(17)7-11-10-6-9(8-15)4-5-12(10)19-16-11;1-2-3-4-5;1-2;/h7-13H,14H2,1-6H3;4-6H,7-8,15H2,1-3H3;5H,2-4H2,1H3;1-2H2;1H2. The van der Waals surface area contributed by atoms with Crippen LogP contribution in [0, 0.1) is 0 Å². The van der Waals surface area contributed by atoms with Gasteiger partial charge in [0.25, 0.3) is 11.8 Å². The predicted molar refractivity (Wildman–Crippen MR) is 235 cm³/mol. The van der Waals surface area contributed by atoms with Gasteiger partial charge in [0.05, 0.1) is 29.5 Å². The second-order valence-electron chi connectivity index (χ2n) is 16.9. The highest BCUT2D eigenvalue weighted by atomic mass is 16.6. The molecule has 0 aliphatic carbocycles. The number of carbonyl (C=O) groups is 5. The third kappa shape index (κ3) is 15.0. The molecule has 6 rings (SSSR count). The summed E-state index contributed by atoms with van der Waals surface area (Å²) in [6.07, 6.45) is 0.157. The lowest BCUT2D eigenvalue weighted by atomic mass is 10.1. The first-order chi connectivity index (χ1) is 29.1. The molecular formula is C44H61N7O12. The SMILES string of the molecule is CC(C)(C)OC(=O)Cc1noc2ccc(CN)cc12.CC(C)(C)OC(=O)N(C(=O)OC(C)(C)C)c1noc2ccc(CN3C(=O)c4ccccc4C3=O)cc12.CCCCO.NN.O. The molecule has 19 heteroatoms. The summed E-state index contributed by atoms with van der Waals surface area (Å²) in [7, 11) is 0. The normalized spacial score (nSPS) is 12.1. The molecule has 1 aliphatic heterocycles. The number of hydrogen-bond donors (Lipinski definition) is 4. The number of aliphatic hydroxyl groups is 1. The lowest BCUT2D eigenvalue weighted by molar-refractivity contribution is -0.154. The maximum atomic E-state index is 13.0. The Hall–Kier alpha value is -6.25. The molecule has 5 aromatic rings. The van der Waals surface area contributed by atoms with E-state index in [0.29, 0.717) is 51.4 Å². The highest BCUT2D eigenvalue weighted by Crippen LogP contribution is 2.32. The molecule has 63 heavy (non-hydrogen) atoms. The predicted octanol–water partition coefficient (Wildman–Crippen LogP) is 6.24. The summed E-state index contributed by atoms with van der Waals surface area (Å²) in [6, 6.07) is 17.1. The quantitative estimate of drug-likeness (QED) is 0.0440. The summed E-state index contributed by atoms with van der Waals surface area (Å²) in [5.74, 6) is 6.76. The van der Waals surface area contributed by atoms with Gasteiger partial charge in [-0.1, -0.05) is 47.9 Å². The van der Waals surface area contributed by atoms with E-state index in [9.17, 15) is 24.0 Å². The number of hydrogen-bond acceptors (Lipinski definition) is 16. The molecule has 4 amide bonds. The van der Waals surface area contributed by atoms with Gasteiger partial charge in [0.1, 0.15) is 22.5 Å². The van der Waals surface area contributed by atoms with Crippen LogP contribution in [0.3, 0.4) is 0 Å². The van der Waals surface area contributed by atoms with Crippen LogP contribution in [0.2, 0.25) is 0 Å². The Morgan fingerprint density at radius 1 is 0.730 bits per heavy atom. The molecule has 3 aromatic carbocycles. The van der Waals surface area contributed by atoms with Crippen molar-refractivity contribution in [2.24, 2.45) is 17.4 Å². The van der Waals surface area contributed by atoms with Crippen molar-refractivity contribution in [1.29, 1.82) is 0 Å². The molecule has 0 radical (unpaired) electrons. The van der Waals surface area contributed by atoms with Gasteiger partial charge >= 0.3 is 18.2 Å². The number of nitrogens with zero attached hydrogens (tertiary/aromatic N) is 4. The number of aliphatic hydroxyl groups excluding tert-OH is 1. The first-order valence-corrected chi connectivity index (χ1v) is 19.9. The Bertz CT molecular complexity index is 2270. The minimum Gasteiger partial charge on any atom is -0.460 e. The number of unbranched alkanes of at least 4 members (excludes halogenated alkanes) is 1. The van der Waals surface area contributed by atoms with E-state index in [1.807, 2.05) is 39.0 Å². The summed E-state index contributed by atoms with van der Waals surface area (Å²) >= 11 is 0. The van der Waals surface area contributed by atoms with Crippen molar-refractivity contribution >= 4 is 57.7 Å². The molecule has 0 fully saturated rings. The first-order valence-electron chi connectivity index (χ1n) is 19.9. The van der Waals surface area contributed by atoms with Crippen LogP contribution in [0.15, 0.2) is 69.7 Å². The van der Waals surface area contributed by atoms with Crippen molar-refractivity contribution in [2.45, 2.75) is 118 Å². The molecule has 0 bridgehead atoms. The number of anilines is 1. The Balaban J connectivity index is 0.000000423. The zero-order valence-electron chi connectivity index (χ0n) is 37.6. The minimum atomic E-state index is -0.988. The van der Waals surface area contributed by atoms with Crippen LogP contribution in [0.5, 0.6) is 0 Å². The Kier molecular flexibility index (Phi) is 19.1. The van der Waals surface area contributed by atoms with Gasteiger partial charge in [0.15, 0.2) is 17.0 Å². The number of aromatic nitrogens is 2. The maximum Gasteiger partial charge on any atom is 0.425 e. The average Bonchev–Trinajstić information content (AvgIpc) is 3.85. The summed E-state index contributed by atoms with van der Waals surface area (Å²) in [5, 5.41) is 17.0. The van der Waals surface area contributed by atoms with Gasteiger partial charge < -0.3 is 39.6 Å². The fourth-order valence-electron chi connectivity index (χ4n) is 5.62. The average molecular weight is 880 g/mol. The lowest BCUT2D eigenvalue weighted by Crippen LogP contribution is -2.44. The molecule has 0 atom stereocenters. The number of amides is 4. The second-order valence-corrected chi connectivity index (χ2v) is 16.9. The zero-order chi connectivity index (χ0) is 46.6. The molecule has 0 saturated carbocycles. The third-order valence-electron chi connectivity index (χ3n) is 8.19. The summed E-state index contributed by atoms with van der Waals surface area (Å²) in [4.78, 5) is 65.2. The third-order valence-corrected chi connectivity index (χ3v) is 8.19. The van der Waals surface area contributed by atoms with Crippen LogP contribution >= 0.6 is 0 Å². The zero-order valence-corrected chi connectivity index (χ0v) is 37.6. The Labute approximate surface area is 366 Å². The lowest BCUT2D eigenvalue weighted by Gasteiger charge is -2.27. The van der Waals surface area contributed by atoms with Crippen LogP contribution in [0.25, 0.3) is 21.9 Å². The van der Waals surface area contributed by atoms with Gasteiger partial charge in [-0.2, -0.15) is 4.90 Å². The molecule has 19 nitrogen and oxygen atoms in total. The molecule has 0 saturated heterocycles. The highest BCUT2D eigenvalue weighted by Gasteiger charge is 2.37. The van der Waals surface area contributed by atoms with E-state index >= 15 is 0 Å². The van der Waals surface area contributed by atoms with E-state index < -0.39 is 40.8 Å². The van der Waals surface area contributed by atoms with E-state index in [-0.39, 0.29) is 35.8 Å². The Morgan fingerprint density at radius 2 is 1.21 bits per heavy atom. The molecule has 344 valence electrons. The van der Waals surface area contributed by atoms with Gasteiger partial charge in [0.2, 0.25) is 0 Å². The minimum absolute atomic E-state index is 0. The summed E-state index contributed by atoms with van der Waals surface area (Å²) in [5.41, 5.74) is 7.05. The largest absolute Gasteiger partial charge is 0.460 e. The van der Waals surface area contributed by atoms with Crippen LogP contribution in [-0.4, -0.2) is 79.2 Å². The molecule has 9 N–H and O–H groups in total. The fourth-order valence-corrected chi connectivity index (χ4v) is 5.62. The number of nitrogens with two attached hydrogens (primary N) is 3. The number of carbonyl (C=O) groups excluding carboxylic acids is 5. The van der Waals surface area contributed by atoms with Gasteiger partial charge in [-0.05, 0) is 116 Å². The molecule has 3 heterocycles. The molecule has 0 unspecified atom stereocenters. The number of rotatable bonds is 8. The van der Waals surface area contributed by atoms with Crippen LogP contribution in [-0.2, 0) is 38.5 Å². The van der Waals surface area contributed by atoms with E-state index in [0.717, 1.165) is 28.7 Å². The monoisotopic (exact) mass is 879 g/mol. The van der Waals surface area contributed by atoms with Gasteiger partial charge in [0, 0.05) is 18.5 Å². The molecular weight excluding hydrogens is 819 g/mol. The van der Waals surface area contributed by atoms with Crippen LogP contribution in [0.1, 0.15) is 120 Å². The van der Waals surface area contributed by atoms with Gasteiger partial charge in [-0.25, -0.2) is 9.59 Å². The number of hydrazine groups is 1. The number of ether oxygens (including phenoxy) is 3. The second kappa shape index (κ2) is 22.7. The fraction of sp³-hybridized carbons (Fsp3) is 0.432. The van der Waals surface area contributed by atoms with Crippen LogP contribution in [0.4, 0.5) is 15.4 Å². The first kappa shape index (κ1) is 52.9. The van der Waals surface area contributed by atoms with Crippen LogP contribution < -0.4 is 22.3 Å². The van der Waals surface area contributed by atoms with E-state index in [1.54, 1.807) is 84.0 Å². The van der Waals surface area contributed by atoms with E-state index in [2.05, 4.69) is 28.9 Å². The highest BCUT2D eigenvalue weighted by molar-refractivity contribution is 6.21. The molecule has 0 spiro atoms.